The fourth-order valence-electron chi connectivity index (χ4n) is 2.90. The molecule has 0 aliphatic heterocycles. The lowest BCUT2D eigenvalue weighted by Crippen LogP contribution is -2.75. The molecule has 122 valence electrons. The highest BCUT2D eigenvalue weighted by Crippen LogP contribution is 2.49. The van der Waals surface area contributed by atoms with Crippen molar-refractivity contribution in [3.05, 3.63) is 29.8 Å². The van der Waals surface area contributed by atoms with E-state index < -0.39 is 5.54 Å². The number of carbonyl (C=O) groups is 1. The molecule has 0 heterocycles. The molecule has 2 atom stereocenters. The van der Waals surface area contributed by atoms with Crippen molar-refractivity contribution in [2.75, 3.05) is 13.7 Å². The fraction of sp³-hybridized carbons (Fsp3) is 0.588. The highest BCUT2D eigenvalue weighted by molar-refractivity contribution is 5.88. The number of rotatable bonds is 6. The number of hydrogen-bond donors (Lipinski definition) is 2. The molecule has 0 bridgehead atoms. The largest absolute Gasteiger partial charge is 0.497 e. The first kappa shape index (κ1) is 16.8. The maximum absolute atomic E-state index is 12.5. The Kier molecular flexibility index (Phi) is 4.78. The number of hydrogen-bond acceptors (Lipinski definition) is 4. The van der Waals surface area contributed by atoms with Gasteiger partial charge in [-0.05, 0) is 24.6 Å². The van der Waals surface area contributed by atoms with Crippen LogP contribution in [0, 0.1) is 5.41 Å². The number of nitrogens with one attached hydrogen (secondary N) is 1. The fourth-order valence-corrected chi connectivity index (χ4v) is 2.90. The molecule has 2 rings (SSSR count). The molecule has 1 aliphatic carbocycles. The van der Waals surface area contributed by atoms with Crippen LogP contribution in [0.4, 0.5) is 0 Å². The Hall–Kier alpha value is -1.59. The van der Waals surface area contributed by atoms with E-state index in [1.807, 2.05) is 45.0 Å². The van der Waals surface area contributed by atoms with E-state index in [1.165, 1.54) is 0 Å². The van der Waals surface area contributed by atoms with E-state index >= 15 is 0 Å². The molecular weight excluding hydrogens is 280 g/mol. The Morgan fingerprint density at radius 2 is 2.00 bits per heavy atom. The van der Waals surface area contributed by atoms with Crippen molar-refractivity contribution in [1.29, 1.82) is 0 Å². The maximum Gasteiger partial charge on any atom is 0.241 e. The SMILES string of the molecule is CCOC1CC(N)(C(=O)NCc2ccc(OC)cc2)C1(C)C. The van der Waals surface area contributed by atoms with Gasteiger partial charge in [-0.1, -0.05) is 26.0 Å². The summed E-state index contributed by atoms with van der Waals surface area (Å²) in [4.78, 5) is 12.5. The average Bonchev–Trinajstić information content (AvgIpc) is 2.52. The zero-order valence-electron chi connectivity index (χ0n) is 13.8. The summed E-state index contributed by atoms with van der Waals surface area (Å²) in [5, 5.41) is 2.94. The summed E-state index contributed by atoms with van der Waals surface area (Å²) in [6, 6.07) is 7.60. The number of methoxy groups -OCH3 is 1. The molecule has 5 heteroatoms. The smallest absolute Gasteiger partial charge is 0.241 e. The predicted molar refractivity (Wildman–Crippen MR) is 85.6 cm³/mol. The van der Waals surface area contributed by atoms with E-state index in [9.17, 15) is 4.79 Å². The Morgan fingerprint density at radius 3 is 2.50 bits per heavy atom. The molecule has 0 aromatic heterocycles. The minimum atomic E-state index is -0.876. The van der Waals surface area contributed by atoms with Crippen LogP contribution in [0.3, 0.4) is 0 Å². The van der Waals surface area contributed by atoms with E-state index in [0.717, 1.165) is 11.3 Å². The lowest BCUT2D eigenvalue weighted by atomic mass is 9.54. The molecule has 5 nitrogen and oxygen atoms in total. The normalized spacial score (nSPS) is 26.1. The van der Waals surface area contributed by atoms with Crippen molar-refractivity contribution in [2.24, 2.45) is 11.1 Å². The number of carbonyl (C=O) groups excluding carboxylic acids is 1. The first-order chi connectivity index (χ1) is 10.3. The Morgan fingerprint density at radius 1 is 1.36 bits per heavy atom. The topological polar surface area (TPSA) is 73.6 Å². The van der Waals surface area contributed by atoms with Gasteiger partial charge in [0.25, 0.3) is 0 Å². The molecule has 1 aromatic carbocycles. The van der Waals surface area contributed by atoms with Crippen LogP contribution in [-0.4, -0.2) is 31.3 Å². The minimum absolute atomic E-state index is 0.0363. The molecule has 2 unspecified atom stereocenters. The van der Waals surface area contributed by atoms with Crippen LogP contribution < -0.4 is 15.8 Å². The van der Waals surface area contributed by atoms with Crippen LogP contribution in [-0.2, 0) is 16.1 Å². The Bertz CT molecular complexity index is 527. The summed E-state index contributed by atoms with van der Waals surface area (Å²) in [7, 11) is 1.63. The third kappa shape index (κ3) is 2.83. The van der Waals surface area contributed by atoms with Gasteiger partial charge < -0.3 is 20.5 Å². The van der Waals surface area contributed by atoms with E-state index in [0.29, 0.717) is 19.6 Å². The van der Waals surface area contributed by atoms with Crippen LogP contribution in [0.15, 0.2) is 24.3 Å². The molecule has 1 aliphatic rings. The van der Waals surface area contributed by atoms with Gasteiger partial charge in [0.2, 0.25) is 5.91 Å². The Labute approximate surface area is 132 Å². The van der Waals surface area contributed by atoms with E-state index in [4.69, 9.17) is 15.2 Å². The molecular formula is C17H26N2O3. The number of benzene rings is 1. The summed E-state index contributed by atoms with van der Waals surface area (Å²) in [5.74, 6) is 0.675. The van der Waals surface area contributed by atoms with Crippen molar-refractivity contribution in [2.45, 2.75) is 45.4 Å². The number of ether oxygens (including phenoxy) is 2. The highest BCUT2D eigenvalue weighted by Gasteiger charge is 2.62. The molecule has 1 fully saturated rings. The van der Waals surface area contributed by atoms with Crippen molar-refractivity contribution in [1.82, 2.24) is 5.32 Å². The van der Waals surface area contributed by atoms with Crippen LogP contribution in [0.1, 0.15) is 32.8 Å². The molecule has 3 N–H and O–H groups in total. The standard InChI is InChI=1S/C17H26N2O3/c1-5-22-14-10-17(18,16(14,2)3)15(20)19-11-12-6-8-13(21-4)9-7-12/h6-9,14H,5,10-11,18H2,1-4H3,(H,19,20). The van der Waals surface area contributed by atoms with Crippen molar-refractivity contribution in [3.8, 4) is 5.75 Å². The summed E-state index contributed by atoms with van der Waals surface area (Å²) in [6.07, 6.45) is 0.594. The minimum Gasteiger partial charge on any atom is -0.497 e. The van der Waals surface area contributed by atoms with Gasteiger partial charge in [-0.15, -0.1) is 0 Å². The van der Waals surface area contributed by atoms with Gasteiger partial charge in [0.05, 0.1) is 13.2 Å². The van der Waals surface area contributed by atoms with Crippen molar-refractivity contribution < 1.29 is 14.3 Å². The predicted octanol–water partition coefficient (Wildman–Crippen LogP) is 1.84. The van der Waals surface area contributed by atoms with Crippen LogP contribution in [0.2, 0.25) is 0 Å². The first-order valence-electron chi connectivity index (χ1n) is 7.67. The van der Waals surface area contributed by atoms with E-state index in [1.54, 1.807) is 7.11 Å². The van der Waals surface area contributed by atoms with Crippen LogP contribution in [0.5, 0.6) is 5.75 Å². The molecule has 1 aromatic rings. The van der Waals surface area contributed by atoms with E-state index in [-0.39, 0.29) is 17.4 Å². The lowest BCUT2D eigenvalue weighted by Gasteiger charge is -2.57. The number of nitrogens with two attached hydrogens (primary N) is 1. The van der Waals surface area contributed by atoms with Crippen LogP contribution >= 0.6 is 0 Å². The maximum atomic E-state index is 12.5. The molecule has 1 amide bonds. The Balaban J connectivity index is 1.94. The van der Waals surface area contributed by atoms with Gasteiger partial charge in [0, 0.05) is 25.0 Å². The van der Waals surface area contributed by atoms with Gasteiger partial charge >= 0.3 is 0 Å². The third-order valence-electron chi connectivity index (χ3n) is 4.85. The average molecular weight is 306 g/mol. The molecule has 0 spiro atoms. The summed E-state index contributed by atoms with van der Waals surface area (Å²) in [6.45, 7) is 7.03. The van der Waals surface area contributed by atoms with Gasteiger partial charge in [-0.3, -0.25) is 4.79 Å². The second kappa shape index (κ2) is 6.26. The quantitative estimate of drug-likeness (QED) is 0.841. The van der Waals surface area contributed by atoms with Crippen molar-refractivity contribution >= 4 is 5.91 Å². The van der Waals surface area contributed by atoms with Gasteiger partial charge in [0.1, 0.15) is 11.3 Å². The molecule has 1 saturated carbocycles. The van der Waals surface area contributed by atoms with Gasteiger partial charge in [-0.2, -0.15) is 0 Å². The summed E-state index contributed by atoms with van der Waals surface area (Å²) < 4.78 is 10.8. The second-order valence-electron chi connectivity index (χ2n) is 6.37. The van der Waals surface area contributed by atoms with Crippen molar-refractivity contribution in [3.63, 3.8) is 0 Å². The zero-order chi connectivity index (χ0) is 16.4. The van der Waals surface area contributed by atoms with E-state index in [2.05, 4.69) is 5.32 Å². The molecule has 22 heavy (non-hydrogen) atoms. The number of amides is 1. The molecule has 0 radical (unpaired) electrons. The summed E-state index contributed by atoms with van der Waals surface area (Å²) in [5.41, 5.74) is 6.11. The van der Waals surface area contributed by atoms with Gasteiger partial charge in [0.15, 0.2) is 0 Å². The van der Waals surface area contributed by atoms with Gasteiger partial charge in [-0.25, -0.2) is 0 Å². The van der Waals surface area contributed by atoms with Crippen LogP contribution in [0.25, 0.3) is 0 Å². The highest BCUT2D eigenvalue weighted by atomic mass is 16.5. The monoisotopic (exact) mass is 306 g/mol. The first-order valence-corrected chi connectivity index (χ1v) is 7.67. The summed E-state index contributed by atoms with van der Waals surface area (Å²) >= 11 is 0. The lowest BCUT2D eigenvalue weighted by molar-refractivity contribution is -0.170. The zero-order valence-corrected chi connectivity index (χ0v) is 13.8. The second-order valence-corrected chi connectivity index (χ2v) is 6.37. The molecule has 0 saturated heterocycles. The third-order valence-corrected chi connectivity index (χ3v) is 4.85.